The summed E-state index contributed by atoms with van der Waals surface area (Å²) in [6, 6.07) is 3.64. The summed E-state index contributed by atoms with van der Waals surface area (Å²) in [6.45, 7) is 6.33. The van der Waals surface area contributed by atoms with Gasteiger partial charge in [-0.05, 0) is 44.0 Å². The molecule has 6 nitrogen and oxygen atoms in total. The molecule has 0 atom stereocenters. The van der Waals surface area contributed by atoms with Crippen LogP contribution in [0.3, 0.4) is 0 Å². The number of rotatable bonds is 5. The summed E-state index contributed by atoms with van der Waals surface area (Å²) in [4.78, 5) is 8.05. The first kappa shape index (κ1) is 15.2. The Kier molecular flexibility index (Phi) is 4.42. The van der Waals surface area contributed by atoms with Gasteiger partial charge in [0.15, 0.2) is 5.82 Å². The van der Waals surface area contributed by atoms with Crippen LogP contribution >= 0.6 is 0 Å². The maximum Gasteiger partial charge on any atom is 0.263 e. The minimum Gasteiger partial charge on any atom is -0.385 e. The predicted molar refractivity (Wildman–Crippen MR) is 82.9 cm³/mol. The van der Waals surface area contributed by atoms with E-state index in [9.17, 15) is 8.42 Å². The van der Waals surface area contributed by atoms with E-state index in [1.165, 1.54) is 18.6 Å². The summed E-state index contributed by atoms with van der Waals surface area (Å²) < 4.78 is 27.5. The molecule has 2 N–H and O–H groups in total. The molecule has 0 bridgehead atoms. The van der Waals surface area contributed by atoms with Gasteiger partial charge in [-0.25, -0.2) is 13.4 Å². The summed E-state index contributed by atoms with van der Waals surface area (Å²) in [7, 11) is -3.69. The fraction of sp³-hybridized carbons (Fsp3) is 0.286. The molecule has 2 rings (SSSR count). The Morgan fingerprint density at radius 1 is 1.14 bits per heavy atom. The van der Waals surface area contributed by atoms with E-state index in [0.29, 0.717) is 11.1 Å². The van der Waals surface area contributed by atoms with Crippen LogP contribution < -0.4 is 10.0 Å². The van der Waals surface area contributed by atoms with Crippen molar-refractivity contribution in [1.29, 1.82) is 0 Å². The van der Waals surface area contributed by atoms with Crippen molar-refractivity contribution < 1.29 is 8.42 Å². The Morgan fingerprint density at radius 2 is 1.81 bits per heavy atom. The van der Waals surface area contributed by atoms with E-state index < -0.39 is 10.0 Å². The molecule has 0 spiro atoms. The van der Waals surface area contributed by atoms with Gasteiger partial charge >= 0.3 is 0 Å². The van der Waals surface area contributed by atoms with E-state index in [0.717, 1.165) is 12.2 Å². The lowest BCUT2D eigenvalue weighted by atomic mass is 10.1. The number of aromatic nitrogens is 2. The second-order valence-electron chi connectivity index (χ2n) is 4.67. The smallest absolute Gasteiger partial charge is 0.263 e. The van der Waals surface area contributed by atoms with Gasteiger partial charge in [-0.1, -0.05) is 0 Å². The zero-order valence-electron chi connectivity index (χ0n) is 12.2. The lowest BCUT2D eigenvalue weighted by Gasteiger charge is -2.14. The molecular weight excluding hydrogens is 288 g/mol. The summed E-state index contributed by atoms with van der Waals surface area (Å²) in [5.74, 6) is 0.201. The van der Waals surface area contributed by atoms with E-state index in [1.54, 1.807) is 13.8 Å². The van der Waals surface area contributed by atoms with Crippen LogP contribution in [0.2, 0.25) is 0 Å². The Hall–Kier alpha value is -2.15. The van der Waals surface area contributed by atoms with Gasteiger partial charge in [0.25, 0.3) is 10.0 Å². The average Bonchev–Trinajstić information content (AvgIpc) is 2.38. The number of hydrogen-bond donors (Lipinski definition) is 2. The van der Waals surface area contributed by atoms with Crippen molar-refractivity contribution in [3.05, 3.63) is 41.9 Å². The SMILES string of the molecule is CCNc1cc(C)c(S(=O)(=O)Nc2cnccn2)c(C)c1. The number of sulfonamides is 1. The van der Waals surface area contributed by atoms with Gasteiger partial charge < -0.3 is 5.32 Å². The van der Waals surface area contributed by atoms with Crippen LogP contribution in [0.5, 0.6) is 0 Å². The van der Waals surface area contributed by atoms with E-state index in [4.69, 9.17) is 0 Å². The zero-order valence-corrected chi connectivity index (χ0v) is 13.0. The molecule has 0 aliphatic heterocycles. The summed E-state index contributed by atoms with van der Waals surface area (Å²) >= 11 is 0. The topological polar surface area (TPSA) is 84.0 Å². The fourth-order valence-corrected chi connectivity index (χ4v) is 3.67. The standard InChI is InChI=1S/C14H18N4O2S/c1-4-16-12-7-10(2)14(11(3)8-12)21(19,20)18-13-9-15-5-6-17-13/h5-9,16H,4H2,1-3H3,(H,17,18). The van der Waals surface area contributed by atoms with Crippen LogP contribution in [0.1, 0.15) is 18.1 Å². The first-order valence-corrected chi connectivity index (χ1v) is 8.06. The maximum atomic E-state index is 12.5. The number of anilines is 2. The Bertz CT molecular complexity index is 707. The minimum absolute atomic E-state index is 0.201. The van der Waals surface area contributed by atoms with Crippen molar-refractivity contribution in [2.45, 2.75) is 25.7 Å². The predicted octanol–water partition coefficient (Wildman–Crippen LogP) is 2.33. The minimum atomic E-state index is -3.69. The molecule has 2 aromatic rings. The molecule has 0 radical (unpaired) electrons. The molecule has 0 aliphatic rings. The van der Waals surface area contributed by atoms with E-state index in [1.807, 2.05) is 19.1 Å². The van der Waals surface area contributed by atoms with Gasteiger partial charge in [0, 0.05) is 24.6 Å². The quantitative estimate of drug-likeness (QED) is 0.885. The molecule has 1 aromatic heterocycles. The van der Waals surface area contributed by atoms with Crippen LogP contribution in [0.15, 0.2) is 35.6 Å². The summed E-state index contributed by atoms with van der Waals surface area (Å²) in [6.07, 6.45) is 4.29. The molecular formula is C14H18N4O2S. The van der Waals surface area contributed by atoms with E-state index in [-0.39, 0.29) is 10.7 Å². The van der Waals surface area contributed by atoms with Crippen LogP contribution in [-0.4, -0.2) is 24.9 Å². The molecule has 21 heavy (non-hydrogen) atoms. The average molecular weight is 306 g/mol. The first-order valence-electron chi connectivity index (χ1n) is 6.58. The van der Waals surface area contributed by atoms with Crippen molar-refractivity contribution in [1.82, 2.24) is 9.97 Å². The molecule has 0 amide bonds. The van der Waals surface area contributed by atoms with Gasteiger partial charge in [-0.3, -0.25) is 9.71 Å². The molecule has 7 heteroatoms. The number of aryl methyl sites for hydroxylation is 2. The highest BCUT2D eigenvalue weighted by atomic mass is 32.2. The van der Waals surface area contributed by atoms with Crippen LogP contribution in [0, 0.1) is 13.8 Å². The molecule has 112 valence electrons. The number of nitrogens with one attached hydrogen (secondary N) is 2. The third kappa shape index (κ3) is 3.49. The van der Waals surface area contributed by atoms with Crippen molar-refractivity contribution >= 4 is 21.5 Å². The molecule has 0 saturated carbocycles. The van der Waals surface area contributed by atoms with Gasteiger partial charge in [0.2, 0.25) is 0 Å². The Labute approximate surface area is 124 Å². The highest BCUT2D eigenvalue weighted by molar-refractivity contribution is 7.92. The first-order chi connectivity index (χ1) is 9.94. The van der Waals surface area contributed by atoms with Gasteiger partial charge in [-0.15, -0.1) is 0 Å². The third-order valence-electron chi connectivity index (χ3n) is 2.91. The highest BCUT2D eigenvalue weighted by Crippen LogP contribution is 2.25. The highest BCUT2D eigenvalue weighted by Gasteiger charge is 2.20. The molecule has 0 saturated heterocycles. The van der Waals surface area contributed by atoms with E-state index in [2.05, 4.69) is 20.0 Å². The normalized spacial score (nSPS) is 11.2. The summed E-state index contributed by atoms with van der Waals surface area (Å²) in [5.41, 5.74) is 2.27. The zero-order chi connectivity index (χ0) is 15.5. The van der Waals surface area contributed by atoms with Crippen molar-refractivity contribution in [2.24, 2.45) is 0 Å². The molecule has 1 aromatic carbocycles. The van der Waals surface area contributed by atoms with Gasteiger partial charge in [0.05, 0.1) is 11.1 Å². The molecule has 0 fully saturated rings. The Morgan fingerprint density at radius 3 is 2.33 bits per heavy atom. The second kappa shape index (κ2) is 6.09. The number of nitrogens with zero attached hydrogens (tertiary/aromatic N) is 2. The Balaban J connectivity index is 2.41. The fourth-order valence-electron chi connectivity index (χ4n) is 2.22. The lowest BCUT2D eigenvalue weighted by molar-refractivity contribution is 0.600. The monoisotopic (exact) mass is 306 g/mol. The maximum absolute atomic E-state index is 12.5. The van der Waals surface area contributed by atoms with Crippen molar-refractivity contribution in [3.63, 3.8) is 0 Å². The molecule has 0 aliphatic carbocycles. The second-order valence-corrected chi connectivity index (χ2v) is 6.28. The van der Waals surface area contributed by atoms with Gasteiger partial charge in [-0.2, -0.15) is 0 Å². The largest absolute Gasteiger partial charge is 0.385 e. The van der Waals surface area contributed by atoms with Crippen LogP contribution in [0.25, 0.3) is 0 Å². The number of benzene rings is 1. The summed E-state index contributed by atoms with van der Waals surface area (Å²) in [5, 5.41) is 3.18. The van der Waals surface area contributed by atoms with Crippen molar-refractivity contribution in [2.75, 3.05) is 16.6 Å². The van der Waals surface area contributed by atoms with Crippen LogP contribution in [0.4, 0.5) is 11.5 Å². The molecule has 1 heterocycles. The van der Waals surface area contributed by atoms with Crippen molar-refractivity contribution in [3.8, 4) is 0 Å². The number of hydrogen-bond acceptors (Lipinski definition) is 5. The van der Waals surface area contributed by atoms with Crippen LogP contribution in [-0.2, 0) is 10.0 Å². The molecule has 0 unspecified atom stereocenters. The lowest BCUT2D eigenvalue weighted by Crippen LogP contribution is -2.17. The third-order valence-corrected chi connectivity index (χ3v) is 4.57. The van der Waals surface area contributed by atoms with E-state index >= 15 is 0 Å². The van der Waals surface area contributed by atoms with Gasteiger partial charge in [0.1, 0.15) is 0 Å².